The first-order valence-electron chi connectivity index (χ1n) is 4.93. The van der Waals surface area contributed by atoms with Crippen molar-refractivity contribution in [2.75, 3.05) is 5.73 Å². The Hall–Kier alpha value is -1.89. The summed E-state index contributed by atoms with van der Waals surface area (Å²) in [6, 6.07) is 0.161. The fourth-order valence-corrected chi connectivity index (χ4v) is 1.27. The second-order valence-electron chi connectivity index (χ2n) is 3.55. The molecule has 2 rings (SSSR count). The molecular weight excluding hydrogens is 244 g/mol. The van der Waals surface area contributed by atoms with Crippen LogP contribution in [0.5, 0.6) is 6.01 Å². The molecule has 90 valence electrons. The molecule has 17 heavy (non-hydrogen) atoms. The summed E-state index contributed by atoms with van der Waals surface area (Å²) in [5.41, 5.74) is 5.56. The highest BCUT2D eigenvalue weighted by Gasteiger charge is 2.09. The number of nitrogens with two attached hydrogens (primary N) is 1. The summed E-state index contributed by atoms with van der Waals surface area (Å²) < 4.78 is 6.74. The van der Waals surface area contributed by atoms with Crippen LogP contribution in [0.15, 0.2) is 12.4 Å². The third-order valence-electron chi connectivity index (χ3n) is 1.72. The molecule has 0 radical (unpaired) electrons. The highest BCUT2D eigenvalue weighted by Crippen LogP contribution is 2.12. The first-order valence-corrected chi connectivity index (χ1v) is 5.31. The van der Waals surface area contributed by atoms with Crippen LogP contribution in [0.4, 0.5) is 5.95 Å². The van der Waals surface area contributed by atoms with Crippen molar-refractivity contribution in [3.8, 4) is 12.0 Å². The molecule has 0 saturated heterocycles. The molecular formula is C9H11ClN6O. The topological polar surface area (TPSA) is 91.7 Å². The third kappa shape index (κ3) is 2.82. The Kier molecular flexibility index (Phi) is 3.10. The maximum Gasteiger partial charge on any atom is 0.323 e. The Bertz CT molecular complexity index is 526. The zero-order valence-electron chi connectivity index (χ0n) is 9.33. The van der Waals surface area contributed by atoms with Crippen molar-refractivity contribution in [2.24, 2.45) is 0 Å². The van der Waals surface area contributed by atoms with E-state index >= 15 is 0 Å². The predicted molar refractivity (Wildman–Crippen MR) is 62.1 cm³/mol. The molecule has 0 aliphatic heterocycles. The maximum absolute atomic E-state index is 5.76. The van der Waals surface area contributed by atoms with E-state index in [1.165, 1.54) is 10.9 Å². The van der Waals surface area contributed by atoms with Crippen molar-refractivity contribution in [3.05, 3.63) is 17.4 Å². The zero-order chi connectivity index (χ0) is 12.4. The number of nitrogens with zero attached hydrogens (tertiary/aromatic N) is 5. The molecule has 2 heterocycles. The quantitative estimate of drug-likeness (QED) is 0.881. The van der Waals surface area contributed by atoms with Gasteiger partial charge in [0, 0.05) is 0 Å². The summed E-state index contributed by atoms with van der Waals surface area (Å²) in [5, 5.41) is 4.45. The van der Waals surface area contributed by atoms with Crippen LogP contribution < -0.4 is 10.5 Å². The van der Waals surface area contributed by atoms with Crippen LogP contribution >= 0.6 is 11.6 Å². The van der Waals surface area contributed by atoms with E-state index in [9.17, 15) is 0 Å². The van der Waals surface area contributed by atoms with Crippen LogP contribution in [0.2, 0.25) is 5.02 Å². The summed E-state index contributed by atoms with van der Waals surface area (Å²) in [5.74, 6) is 0.331. The number of hydrogen-bond acceptors (Lipinski definition) is 6. The standard InChI is InChI=1S/C9H11ClN6O/c1-5(2)17-9-14-7(11)13-8(15-9)16-4-6(10)3-12-16/h3-5H,1-2H3,(H2,11,13,14,15). The summed E-state index contributed by atoms with van der Waals surface area (Å²) in [6.07, 6.45) is 2.99. The molecule has 0 spiro atoms. The second kappa shape index (κ2) is 4.54. The van der Waals surface area contributed by atoms with Crippen molar-refractivity contribution >= 4 is 17.5 Å². The smallest absolute Gasteiger partial charge is 0.323 e. The van der Waals surface area contributed by atoms with Gasteiger partial charge in [0.05, 0.1) is 23.5 Å². The summed E-state index contributed by atoms with van der Waals surface area (Å²) in [4.78, 5) is 11.9. The number of nitrogen functional groups attached to an aromatic ring is 1. The molecule has 0 bridgehead atoms. The molecule has 0 amide bonds. The number of hydrogen-bond donors (Lipinski definition) is 1. The van der Waals surface area contributed by atoms with Gasteiger partial charge >= 0.3 is 6.01 Å². The van der Waals surface area contributed by atoms with Crippen LogP contribution in [0.25, 0.3) is 5.95 Å². The SMILES string of the molecule is CC(C)Oc1nc(N)nc(-n2cc(Cl)cn2)n1. The molecule has 0 aliphatic carbocycles. The molecule has 7 nitrogen and oxygen atoms in total. The van der Waals surface area contributed by atoms with Crippen molar-refractivity contribution in [2.45, 2.75) is 20.0 Å². The van der Waals surface area contributed by atoms with E-state index in [0.29, 0.717) is 5.02 Å². The van der Waals surface area contributed by atoms with Gasteiger partial charge in [-0.2, -0.15) is 20.1 Å². The molecule has 0 aromatic carbocycles. The molecule has 0 unspecified atom stereocenters. The number of rotatable bonds is 3. The third-order valence-corrected chi connectivity index (χ3v) is 1.91. The molecule has 2 aromatic rings. The van der Waals surface area contributed by atoms with Crippen LogP contribution in [-0.2, 0) is 0 Å². The lowest BCUT2D eigenvalue weighted by Gasteiger charge is -2.08. The Labute approximate surface area is 103 Å². The first kappa shape index (κ1) is 11.6. The van der Waals surface area contributed by atoms with E-state index in [1.807, 2.05) is 13.8 Å². The average molecular weight is 255 g/mol. The first-order chi connectivity index (χ1) is 8.04. The second-order valence-corrected chi connectivity index (χ2v) is 3.98. The Morgan fingerprint density at radius 2 is 2.12 bits per heavy atom. The number of ether oxygens (including phenoxy) is 1. The molecule has 0 saturated carbocycles. The van der Waals surface area contributed by atoms with Crippen LogP contribution in [0, 0.1) is 0 Å². The van der Waals surface area contributed by atoms with Gasteiger partial charge in [-0.05, 0) is 13.8 Å². The minimum Gasteiger partial charge on any atom is -0.461 e. The van der Waals surface area contributed by atoms with Gasteiger partial charge in [0.25, 0.3) is 5.95 Å². The van der Waals surface area contributed by atoms with E-state index in [0.717, 1.165) is 0 Å². The van der Waals surface area contributed by atoms with E-state index in [4.69, 9.17) is 22.1 Å². The average Bonchev–Trinajstić information content (AvgIpc) is 2.62. The van der Waals surface area contributed by atoms with E-state index < -0.39 is 0 Å². The highest BCUT2D eigenvalue weighted by molar-refractivity contribution is 6.30. The number of anilines is 1. The summed E-state index contributed by atoms with van der Waals surface area (Å²) in [6.45, 7) is 3.73. The Balaban J connectivity index is 2.37. The normalized spacial score (nSPS) is 10.8. The van der Waals surface area contributed by atoms with E-state index in [1.54, 1.807) is 6.20 Å². The summed E-state index contributed by atoms with van der Waals surface area (Å²) >= 11 is 5.76. The van der Waals surface area contributed by atoms with Gasteiger partial charge in [-0.25, -0.2) is 4.68 Å². The van der Waals surface area contributed by atoms with Gasteiger partial charge in [-0.3, -0.25) is 0 Å². The van der Waals surface area contributed by atoms with Gasteiger partial charge in [0.15, 0.2) is 0 Å². The largest absolute Gasteiger partial charge is 0.461 e. The lowest BCUT2D eigenvalue weighted by molar-refractivity contribution is 0.221. The molecule has 0 atom stereocenters. The van der Waals surface area contributed by atoms with Gasteiger partial charge in [0.2, 0.25) is 5.95 Å². The van der Waals surface area contributed by atoms with Gasteiger partial charge in [0.1, 0.15) is 0 Å². The fourth-order valence-electron chi connectivity index (χ4n) is 1.14. The Morgan fingerprint density at radius 1 is 1.35 bits per heavy atom. The minimum atomic E-state index is -0.0501. The van der Waals surface area contributed by atoms with Gasteiger partial charge in [-0.15, -0.1) is 0 Å². The van der Waals surface area contributed by atoms with Crippen LogP contribution in [0.1, 0.15) is 13.8 Å². The Morgan fingerprint density at radius 3 is 2.71 bits per heavy atom. The highest BCUT2D eigenvalue weighted by atomic mass is 35.5. The van der Waals surface area contributed by atoms with Crippen molar-refractivity contribution < 1.29 is 4.74 Å². The lowest BCUT2D eigenvalue weighted by Crippen LogP contribution is -2.13. The van der Waals surface area contributed by atoms with E-state index in [2.05, 4.69) is 20.1 Å². The number of halogens is 1. The minimum absolute atomic E-state index is 0.0501. The lowest BCUT2D eigenvalue weighted by atomic mass is 10.5. The predicted octanol–water partition coefficient (Wildman–Crippen LogP) is 1.08. The summed E-state index contributed by atoms with van der Waals surface area (Å²) in [7, 11) is 0. The van der Waals surface area contributed by atoms with Crippen LogP contribution in [-0.4, -0.2) is 30.8 Å². The molecule has 2 aromatic heterocycles. The van der Waals surface area contributed by atoms with E-state index in [-0.39, 0.29) is 24.0 Å². The molecule has 2 N–H and O–H groups in total. The molecule has 0 aliphatic rings. The van der Waals surface area contributed by atoms with Crippen LogP contribution in [0.3, 0.4) is 0 Å². The number of aromatic nitrogens is 5. The molecule has 8 heteroatoms. The van der Waals surface area contributed by atoms with Crippen molar-refractivity contribution in [1.82, 2.24) is 24.7 Å². The fraction of sp³-hybridized carbons (Fsp3) is 0.333. The van der Waals surface area contributed by atoms with Crippen molar-refractivity contribution in [3.63, 3.8) is 0 Å². The maximum atomic E-state index is 5.76. The van der Waals surface area contributed by atoms with Gasteiger partial charge in [-0.1, -0.05) is 11.6 Å². The van der Waals surface area contributed by atoms with Crippen molar-refractivity contribution in [1.29, 1.82) is 0 Å². The monoisotopic (exact) mass is 254 g/mol. The molecule has 0 fully saturated rings. The van der Waals surface area contributed by atoms with Gasteiger partial charge < -0.3 is 10.5 Å². The zero-order valence-corrected chi connectivity index (χ0v) is 10.1.